The number of pyridine rings is 1. The van der Waals surface area contributed by atoms with Crippen molar-refractivity contribution in [3.63, 3.8) is 0 Å². The summed E-state index contributed by atoms with van der Waals surface area (Å²) in [5.41, 5.74) is 1.14. The summed E-state index contributed by atoms with van der Waals surface area (Å²) in [5.74, 6) is 0.844. The van der Waals surface area contributed by atoms with E-state index >= 15 is 0 Å². The average Bonchev–Trinajstić information content (AvgIpc) is 3.07. The van der Waals surface area contributed by atoms with Crippen LogP contribution in [0.4, 0.5) is 14.7 Å². The molecule has 1 atom stereocenters. The van der Waals surface area contributed by atoms with Gasteiger partial charge in [-0.15, -0.1) is 0 Å². The van der Waals surface area contributed by atoms with Crippen LogP contribution in [0.2, 0.25) is 0 Å². The van der Waals surface area contributed by atoms with Gasteiger partial charge in [0.1, 0.15) is 17.2 Å². The van der Waals surface area contributed by atoms with Crippen molar-refractivity contribution >= 4 is 17.0 Å². The molecule has 3 fully saturated rings. The van der Waals surface area contributed by atoms with Gasteiger partial charge in [0.15, 0.2) is 5.82 Å². The quantitative estimate of drug-likeness (QED) is 0.736. The Balaban J connectivity index is 1.49. The summed E-state index contributed by atoms with van der Waals surface area (Å²) in [6, 6.07) is 1.69. The number of aromatic nitrogens is 4. The van der Waals surface area contributed by atoms with Crippen molar-refractivity contribution in [2.75, 3.05) is 5.32 Å². The van der Waals surface area contributed by atoms with E-state index < -0.39 is 11.6 Å². The topological polar surface area (TPSA) is 66.5 Å². The molecule has 26 heavy (non-hydrogen) atoms. The molecule has 0 saturated heterocycles. The molecule has 3 aliphatic rings. The zero-order chi connectivity index (χ0) is 17.7. The Morgan fingerprint density at radius 2 is 1.92 bits per heavy atom. The van der Waals surface area contributed by atoms with E-state index in [1.54, 1.807) is 6.20 Å². The van der Waals surface area contributed by atoms with Gasteiger partial charge in [-0.1, -0.05) is 12.8 Å². The molecule has 2 bridgehead atoms. The van der Waals surface area contributed by atoms with Gasteiger partial charge >= 0.3 is 0 Å². The van der Waals surface area contributed by atoms with Gasteiger partial charge < -0.3 is 10.3 Å². The van der Waals surface area contributed by atoms with Gasteiger partial charge in [0.05, 0.1) is 12.4 Å². The van der Waals surface area contributed by atoms with Gasteiger partial charge in [0.25, 0.3) is 0 Å². The van der Waals surface area contributed by atoms with Crippen molar-refractivity contribution in [2.45, 2.75) is 38.1 Å². The van der Waals surface area contributed by atoms with Crippen LogP contribution >= 0.6 is 0 Å². The largest absolute Gasteiger partial charge is 0.351 e. The summed E-state index contributed by atoms with van der Waals surface area (Å²) in [6.07, 6.45) is 10.1. The van der Waals surface area contributed by atoms with Gasteiger partial charge in [0.2, 0.25) is 5.95 Å². The van der Waals surface area contributed by atoms with Crippen LogP contribution in [0, 0.1) is 23.5 Å². The summed E-state index contributed by atoms with van der Waals surface area (Å²) < 4.78 is 28.0. The molecule has 3 aromatic heterocycles. The van der Waals surface area contributed by atoms with Crippen LogP contribution in [-0.2, 0) is 0 Å². The Morgan fingerprint density at radius 3 is 2.69 bits per heavy atom. The molecule has 3 aliphatic carbocycles. The van der Waals surface area contributed by atoms with Crippen LogP contribution in [0.5, 0.6) is 0 Å². The van der Waals surface area contributed by atoms with Crippen molar-refractivity contribution in [2.24, 2.45) is 11.8 Å². The number of halogens is 2. The zero-order valence-corrected chi connectivity index (χ0v) is 14.2. The molecule has 6 rings (SSSR count). The first-order chi connectivity index (χ1) is 12.7. The van der Waals surface area contributed by atoms with Crippen molar-refractivity contribution in [1.29, 1.82) is 0 Å². The van der Waals surface area contributed by atoms with Crippen LogP contribution in [0.3, 0.4) is 0 Å². The lowest BCUT2D eigenvalue weighted by Gasteiger charge is -2.42. The lowest BCUT2D eigenvalue weighted by molar-refractivity contribution is 0.157. The summed E-state index contributed by atoms with van der Waals surface area (Å²) in [6.45, 7) is 0. The number of hydrogen-bond donors (Lipinski definition) is 2. The molecule has 134 valence electrons. The molecule has 5 nitrogen and oxygen atoms in total. The normalized spacial score (nSPS) is 24.9. The van der Waals surface area contributed by atoms with Crippen molar-refractivity contribution < 1.29 is 8.78 Å². The molecule has 1 unspecified atom stereocenters. The first kappa shape index (κ1) is 15.7. The Bertz CT molecular complexity index is 962. The Morgan fingerprint density at radius 1 is 1.08 bits per heavy atom. The molecule has 3 heterocycles. The Hall–Kier alpha value is -2.57. The lowest BCUT2D eigenvalue weighted by Crippen LogP contribution is -2.40. The maximum atomic E-state index is 14.4. The standard InChI is InChI=1S/C19H19F2N5/c20-12-6-13-14(8-23-18(13)22-7-12)17-15(21)9-24-19(26-17)25-16-5-10-1-3-11(16)4-2-10/h6-11,16H,1-5H2,(H,22,23)(H,24,25,26). The van der Waals surface area contributed by atoms with Crippen LogP contribution in [0.1, 0.15) is 32.1 Å². The summed E-state index contributed by atoms with van der Waals surface area (Å²) in [7, 11) is 0. The van der Waals surface area contributed by atoms with E-state index in [-0.39, 0.29) is 5.69 Å². The van der Waals surface area contributed by atoms with E-state index in [0.29, 0.717) is 34.5 Å². The highest BCUT2D eigenvalue weighted by Crippen LogP contribution is 2.42. The number of hydrogen-bond acceptors (Lipinski definition) is 4. The summed E-state index contributed by atoms with van der Waals surface area (Å²) in [4.78, 5) is 15.5. The smallest absolute Gasteiger partial charge is 0.223 e. The van der Waals surface area contributed by atoms with Crippen LogP contribution in [0.25, 0.3) is 22.3 Å². The number of aromatic amines is 1. The molecule has 2 N–H and O–H groups in total. The molecule has 0 spiro atoms. The van der Waals surface area contributed by atoms with Crippen molar-refractivity contribution in [1.82, 2.24) is 19.9 Å². The number of nitrogens with zero attached hydrogens (tertiary/aromatic N) is 3. The number of rotatable bonds is 3. The fourth-order valence-electron chi connectivity index (χ4n) is 4.52. The predicted octanol–water partition coefficient (Wildman–Crippen LogP) is 4.29. The van der Waals surface area contributed by atoms with Crippen molar-refractivity contribution in [3.05, 3.63) is 36.3 Å². The van der Waals surface area contributed by atoms with Crippen LogP contribution in [0.15, 0.2) is 24.7 Å². The second-order valence-corrected chi connectivity index (χ2v) is 7.41. The minimum atomic E-state index is -0.536. The third kappa shape index (κ3) is 2.62. The van der Waals surface area contributed by atoms with E-state index in [1.807, 2.05) is 0 Å². The van der Waals surface area contributed by atoms with Crippen LogP contribution < -0.4 is 5.32 Å². The number of anilines is 1. The molecule has 3 saturated carbocycles. The first-order valence-corrected chi connectivity index (χ1v) is 9.09. The zero-order valence-electron chi connectivity index (χ0n) is 14.2. The Kier molecular flexibility index (Phi) is 3.62. The SMILES string of the molecule is Fc1cnc2[nH]cc(-c3nc(NC4CC5CCC4CC5)ncc3F)c2c1. The van der Waals surface area contributed by atoms with Gasteiger partial charge in [-0.2, -0.15) is 0 Å². The summed E-state index contributed by atoms with van der Waals surface area (Å²) in [5, 5.41) is 3.92. The highest BCUT2D eigenvalue weighted by molar-refractivity contribution is 5.92. The maximum absolute atomic E-state index is 14.4. The molecule has 0 aliphatic heterocycles. The number of H-pyrrole nitrogens is 1. The highest BCUT2D eigenvalue weighted by Gasteiger charge is 2.35. The molecule has 7 heteroatoms. The Labute approximate surface area is 149 Å². The second-order valence-electron chi connectivity index (χ2n) is 7.41. The van der Waals surface area contributed by atoms with Gasteiger partial charge in [-0.25, -0.2) is 23.7 Å². The monoisotopic (exact) mass is 355 g/mol. The fourth-order valence-corrected chi connectivity index (χ4v) is 4.52. The molecule has 0 amide bonds. The number of nitrogens with one attached hydrogen (secondary N) is 2. The molecular weight excluding hydrogens is 336 g/mol. The van der Waals surface area contributed by atoms with Gasteiger partial charge in [-0.3, -0.25) is 0 Å². The first-order valence-electron chi connectivity index (χ1n) is 9.09. The van der Waals surface area contributed by atoms with E-state index in [0.717, 1.165) is 18.5 Å². The minimum absolute atomic E-state index is 0.155. The van der Waals surface area contributed by atoms with E-state index in [9.17, 15) is 8.78 Å². The van der Waals surface area contributed by atoms with Gasteiger partial charge in [-0.05, 0) is 37.2 Å². The maximum Gasteiger partial charge on any atom is 0.223 e. The summed E-state index contributed by atoms with van der Waals surface area (Å²) >= 11 is 0. The molecule has 3 aromatic rings. The van der Waals surface area contributed by atoms with E-state index in [2.05, 4.69) is 25.3 Å². The number of fused-ring (bicyclic) bond motifs is 4. The van der Waals surface area contributed by atoms with Gasteiger partial charge in [0, 0.05) is 23.2 Å². The lowest BCUT2D eigenvalue weighted by atomic mass is 9.68. The van der Waals surface area contributed by atoms with Crippen molar-refractivity contribution in [3.8, 4) is 11.3 Å². The average molecular weight is 355 g/mol. The van der Waals surface area contributed by atoms with Crippen LogP contribution in [-0.4, -0.2) is 26.0 Å². The predicted molar refractivity (Wildman–Crippen MR) is 94.5 cm³/mol. The molecular formula is C19H19F2N5. The minimum Gasteiger partial charge on any atom is -0.351 e. The molecule has 0 aromatic carbocycles. The third-order valence-corrected chi connectivity index (χ3v) is 5.86. The highest BCUT2D eigenvalue weighted by atomic mass is 19.1. The second kappa shape index (κ2) is 6.00. The fraction of sp³-hybridized carbons (Fsp3) is 0.421. The third-order valence-electron chi connectivity index (χ3n) is 5.86. The van der Waals surface area contributed by atoms with E-state index in [4.69, 9.17) is 0 Å². The van der Waals surface area contributed by atoms with E-state index in [1.165, 1.54) is 37.9 Å². The molecule has 0 radical (unpaired) electrons.